The molecule has 0 spiro atoms. The molecule has 36 heavy (non-hydrogen) atoms. The van der Waals surface area contributed by atoms with E-state index in [0.717, 1.165) is 69.4 Å². The number of hydrogen-bond acceptors (Lipinski definition) is 7. The van der Waals surface area contributed by atoms with Gasteiger partial charge in [-0.05, 0) is 61.7 Å². The fourth-order valence-corrected chi connectivity index (χ4v) is 4.94. The van der Waals surface area contributed by atoms with Gasteiger partial charge in [0.25, 0.3) is 5.88 Å². The molecule has 1 fully saturated rings. The molecule has 0 atom stereocenters. The van der Waals surface area contributed by atoms with Gasteiger partial charge in [-0.25, -0.2) is 4.98 Å². The average molecular weight is 511 g/mol. The van der Waals surface area contributed by atoms with Gasteiger partial charge in [0.2, 0.25) is 11.8 Å². The summed E-state index contributed by atoms with van der Waals surface area (Å²) in [4.78, 5) is 19.0. The second kappa shape index (κ2) is 11.9. The number of ether oxygens (including phenoxy) is 2. The van der Waals surface area contributed by atoms with Crippen LogP contribution in [0.5, 0.6) is 11.8 Å². The largest absolute Gasteiger partial charge is 0.479 e. The molecule has 1 amide bonds. The van der Waals surface area contributed by atoms with E-state index < -0.39 is 12.8 Å². The van der Waals surface area contributed by atoms with Crippen LogP contribution in [0.1, 0.15) is 49.1 Å². The number of alkyl halides is 3. The highest BCUT2D eigenvalue weighted by Crippen LogP contribution is 2.28. The summed E-state index contributed by atoms with van der Waals surface area (Å²) in [5, 5.41) is 6.82. The van der Waals surface area contributed by atoms with Crippen LogP contribution in [0.25, 0.3) is 0 Å². The Labute approximate surface area is 208 Å². The van der Waals surface area contributed by atoms with E-state index in [1.807, 2.05) is 6.07 Å². The van der Waals surface area contributed by atoms with Crippen molar-refractivity contribution in [3.05, 3.63) is 35.2 Å². The van der Waals surface area contributed by atoms with Crippen molar-refractivity contribution in [3.63, 3.8) is 0 Å². The van der Waals surface area contributed by atoms with Crippen molar-refractivity contribution >= 4 is 5.91 Å². The maximum Gasteiger partial charge on any atom is 0.422 e. The minimum Gasteiger partial charge on any atom is -0.479 e. The molecular formula is C25H33F3N4O4. The molecule has 1 saturated carbocycles. The summed E-state index contributed by atoms with van der Waals surface area (Å²) >= 11 is 0. The molecule has 4 rings (SSSR count). The monoisotopic (exact) mass is 510 g/mol. The summed E-state index contributed by atoms with van der Waals surface area (Å²) in [7, 11) is 1.50. The molecule has 0 bridgehead atoms. The molecule has 198 valence electrons. The second-order valence-electron chi connectivity index (χ2n) is 9.59. The van der Waals surface area contributed by atoms with Gasteiger partial charge in [-0.2, -0.15) is 13.2 Å². The van der Waals surface area contributed by atoms with Gasteiger partial charge in [-0.3, -0.25) is 4.79 Å². The van der Waals surface area contributed by atoms with Crippen LogP contribution in [-0.2, 0) is 24.1 Å². The molecule has 0 aromatic carbocycles. The van der Waals surface area contributed by atoms with E-state index in [-0.39, 0.29) is 24.2 Å². The van der Waals surface area contributed by atoms with Crippen molar-refractivity contribution < 1.29 is 32.0 Å². The number of methoxy groups -OCH3 is 1. The summed E-state index contributed by atoms with van der Waals surface area (Å²) in [6, 6.07) is 5.17. The number of aromatic nitrogens is 2. The number of hydrogen-bond donors (Lipinski definition) is 1. The van der Waals surface area contributed by atoms with E-state index in [9.17, 15) is 18.0 Å². The van der Waals surface area contributed by atoms with Crippen LogP contribution in [0.4, 0.5) is 13.2 Å². The lowest BCUT2D eigenvalue weighted by atomic mass is 9.84. The van der Waals surface area contributed by atoms with E-state index in [1.54, 1.807) is 6.07 Å². The maximum atomic E-state index is 12.4. The van der Waals surface area contributed by atoms with Gasteiger partial charge >= 0.3 is 6.18 Å². The highest BCUT2D eigenvalue weighted by atomic mass is 19.4. The second-order valence-corrected chi connectivity index (χ2v) is 9.59. The van der Waals surface area contributed by atoms with Crippen LogP contribution in [-0.4, -0.2) is 66.5 Å². The van der Waals surface area contributed by atoms with Gasteiger partial charge in [0.15, 0.2) is 6.61 Å². The Morgan fingerprint density at radius 3 is 2.67 bits per heavy atom. The molecule has 2 aliphatic rings. The van der Waals surface area contributed by atoms with E-state index in [2.05, 4.69) is 20.4 Å². The number of nitrogens with one attached hydrogen (secondary N) is 1. The van der Waals surface area contributed by atoms with Crippen molar-refractivity contribution in [1.82, 2.24) is 20.4 Å². The number of carbonyl (C=O) groups excluding carboxylic acids is 1. The molecule has 0 unspecified atom stereocenters. The van der Waals surface area contributed by atoms with E-state index >= 15 is 0 Å². The number of amides is 1. The first-order valence-electron chi connectivity index (χ1n) is 12.5. The molecule has 1 N–H and O–H groups in total. The molecule has 0 saturated heterocycles. The van der Waals surface area contributed by atoms with Crippen molar-refractivity contribution in [2.75, 3.05) is 33.4 Å². The first-order valence-corrected chi connectivity index (χ1v) is 12.5. The number of pyridine rings is 1. The number of rotatable bonds is 9. The van der Waals surface area contributed by atoms with Gasteiger partial charge in [0, 0.05) is 43.4 Å². The summed E-state index contributed by atoms with van der Waals surface area (Å²) < 4.78 is 52.1. The third-order valence-corrected chi connectivity index (χ3v) is 6.94. The van der Waals surface area contributed by atoms with Crippen LogP contribution in [0.2, 0.25) is 0 Å². The zero-order valence-electron chi connectivity index (χ0n) is 20.5. The standard InChI is InChI=1S/C25H33F3N4O4/c1-34-24-15-20(36-31-24)14-22(33)29-19-5-2-17(3-6-19)8-11-32-12-9-18-4-7-23(30-21(18)10-13-32)35-16-25(26,27)28/h4,7,15,17,19H,2-3,5-6,8-14,16H2,1H3,(H,29,33). The van der Waals surface area contributed by atoms with Crippen molar-refractivity contribution in [1.29, 1.82) is 0 Å². The van der Waals surface area contributed by atoms with E-state index in [4.69, 9.17) is 14.0 Å². The zero-order chi connectivity index (χ0) is 25.5. The lowest BCUT2D eigenvalue weighted by Crippen LogP contribution is -2.39. The Kier molecular flexibility index (Phi) is 8.71. The van der Waals surface area contributed by atoms with Crippen LogP contribution in [0, 0.1) is 5.92 Å². The summed E-state index contributed by atoms with van der Waals surface area (Å²) in [5.41, 5.74) is 1.91. The molecule has 8 nitrogen and oxygen atoms in total. The Hall–Kier alpha value is -2.82. The lowest BCUT2D eigenvalue weighted by molar-refractivity contribution is -0.154. The number of fused-ring (bicyclic) bond motifs is 1. The highest BCUT2D eigenvalue weighted by molar-refractivity contribution is 5.78. The fraction of sp³-hybridized carbons (Fsp3) is 0.640. The zero-order valence-corrected chi connectivity index (χ0v) is 20.5. The normalized spacial score (nSPS) is 20.9. The van der Waals surface area contributed by atoms with E-state index in [0.29, 0.717) is 24.0 Å². The first kappa shape index (κ1) is 26.2. The van der Waals surface area contributed by atoms with Gasteiger partial charge < -0.3 is 24.2 Å². The first-order chi connectivity index (χ1) is 17.3. The predicted molar refractivity (Wildman–Crippen MR) is 125 cm³/mol. The smallest absolute Gasteiger partial charge is 0.422 e. The van der Waals surface area contributed by atoms with Crippen molar-refractivity contribution in [2.24, 2.45) is 5.92 Å². The molecular weight excluding hydrogens is 477 g/mol. The molecule has 2 aromatic rings. The summed E-state index contributed by atoms with van der Waals surface area (Å²) in [6.45, 7) is 1.41. The number of nitrogens with zero attached hydrogens (tertiary/aromatic N) is 3. The molecule has 2 aromatic heterocycles. The molecule has 11 heteroatoms. The van der Waals surface area contributed by atoms with Gasteiger partial charge in [-0.15, -0.1) is 0 Å². The van der Waals surface area contributed by atoms with Crippen molar-refractivity contribution in [3.8, 4) is 11.8 Å². The Bertz CT molecular complexity index is 1010. The fourth-order valence-electron chi connectivity index (χ4n) is 4.94. The quantitative estimate of drug-likeness (QED) is 0.550. The topological polar surface area (TPSA) is 89.7 Å². The van der Waals surface area contributed by atoms with Crippen LogP contribution in [0.15, 0.2) is 22.7 Å². The molecule has 1 aliphatic heterocycles. The minimum atomic E-state index is -4.37. The Morgan fingerprint density at radius 1 is 1.17 bits per heavy atom. The van der Waals surface area contributed by atoms with Gasteiger partial charge in [-0.1, -0.05) is 6.07 Å². The van der Waals surface area contributed by atoms with Crippen molar-refractivity contribution in [2.45, 2.75) is 63.6 Å². The third kappa shape index (κ3) is 7.84. The SMILES string of the molecule is COc1cc(CC(=O)NC2CCC(CCN3CCc4ccc(OCC(F)(F)F)nc4CC3)CC2)on1. The van der Waals surface area contributed by atoms with Gasteiger partial charge in [0.05, 0.1) is 13.5 Å². The minimum absolute atomic E-state index is 0.0314. The highest BCUT2D eigenvalue weighted by Gasteiger charge is 2.29. The maximum absolute atomic E-state index is 12.4. The Balaban J connectivity index is 1.15. The van der Waals surface area contributed by atoms with Crippen LogP contribution in [0.3, 0.4) is 0 Å². The summed E-state index contributed by atoms with van der Waals surface area (Å²) in [6.07, 6.45) is 2.50. The number of halogens is 3. The lowest BCUT2D eigenvalue weighted by Gasteiger charge is -2.30. The van der Waals surface area contributed by atoms with Gasteiger partial charge in [0.1, 0.15) is 5.76 Å². The van der Waals surface area contributed by atoms with Crippen LogP contribution >= 0.6 is 0 Å². The third-order valence-electron chi connectivity index (χ3n) is 6.94. The number of carbonyl (C=O) groups is 1. The van der Waals surface area contributed by atoms with E-state index in [1.165, 1.54) is 13.2 Å². The molecule has 0 radical (unpaired) electrons. The average Bonchev–Trinajstić information content (AvgIpc) is 3.20. The van der Waals surface area contributed by atoms with Crippen LogP contribution < -0.4 is 14.8 Å². The molecule has 3 heterocycles. The summed E-state index contributed by atoms with van der Waals surface area (Å²) in [5.74, 6) is 1.44. The predicted octanol–water partition coefficient (Wildman–Crippen LogP) is 3.73. The molecule has 1 aliphatic carbocycles. The Morgan fingerprint density at radius 2 is 1.94 bits per heavy atom.